The van der Waals surface area contributed by atoms with Gasteiger partial charge in [-0.05, 0) is 43.0 Å². The first kappa shape index (κ1) is 13.3. The Morgan fingerprint density at radius 2 is 2.05 bits per heavy atom. The van der Waals surface area contributed by atoms with Crippen molar-refractivity contribution in [2.45, 2.75) is 27.2 Å². The van der Waals surface area contributed by atoms with E-state index in [-0.39, 0.29) is 0 Å². The fourth-order valence-corrected chi connectivity index (χ4v) is 3.71. The second kappa shape index (κ2) is 4.98. The molecule has 2 nitrogen and oxygen atoms in total. The molecule has 0 fully saturated rings. The van der Waals surface area contributed by atoms with Gasteiger partial charge in [0.25, 0.3) is 0 Å². The molecule has 0 atom stereocenters. The summed E-state index contributed by atoms with van der Waals surface area (Å²) in [5.74, 6) is 0.627. The highest BCUT2D eigenvalue weighted by atomic mass is 32.1. The first-order valence-corrected chi connectivity index (χ1v) is 7.71. The van der Waals surface area contributed by atoms with E-state index in [1.54, 1.807) is 11.3 Å². The zero-order valence-electron chi connectivity index (χ0n) is 12.1. The smallest absolute Gasteiger partial charge is 0.124 e. The summed E-state index contributed by atoms with van der Waals surface area (Å²) in [6.07, 6.45) is 2.89. The van der Waals surface area contributed by atoms with Crippen molar-refractivity contribution in [2.24, 2.45) is 5.92 Å². The molecule has 3 aromatic rings. The normalized spacial score (nSPS) is 11.6. The van der Waals surface area contributed by atoms with E-state index in [0.29, 0.717) is 5.92 Å². The third-order valence-electron chi connectivity index (χ3n) is 3.33. The van der Waals surface area contributed by atoms with Crippen LogP contribution in [0.5, 0.6) is 0 Å². The van der Waals surface area contributed by atoms with E-state index in [1.165, 1.54) is 21.2 Å². The van der Waals surface area contributed by atoms with Gasteiger partial charge in [-0.2, -0.15) is 0 Å². The highest BCUT2D eigenvalue weighted by molar-refractivity contribution is 7.25. The summed E-state index contributed by atoms with van der Waals surface area (Å²) in [5.41, 5.74) is 3.17. The molecule has 0 N–H and O–H groups in total. The van der Waals surface area contributed by atoms with Gasteiger partial charge in [0.05, 0.1) is 10.4 Å². The molecule has 3 rings (SSSR count). The Hall–Kier alpha value is -1.74. The van der Waals surface area contributed by atoms with Gasteiger partial charge >= 0.3 is 0 Å². The number of hydrogen-bond donors (Lipinski definition) is 0. The molecule has 0 amide bonds. The van der Waals surface area contributed by atoms with E-state index >= 15 is 0 Å². The van der Waals surface area contributed by atoms with Crippen LogP contribution in [0.15, 0.2) is 31.0 Å². The van der Waals surface area contributed by atoms with Gasteiger partial charge in [0.15, 0.2) is 0 Å². The van der Waals surface area contributed by atoms with Crippen LogP contribution >= 0.6 is 11.3 Å². The van der Waals surface area contributed by atoms with Crippen LogP contribution in [0.4, 0.5) is 0 Å². The molecule has 0 aliphatic carbocycles. The number of aromatic nitrogens is 2. The monoisotopic (exact) mass is 282 g/mol. The molecule has 0 bridgehead atoms. The lowest BCUT2D eigenvalue weighted by atomic mass is 10.1. The van der Waals surface area contributed by atoms with Crippen molar-refractivity contribution in [2.75, 3.05) is 0 Å². The summed E-state index contributed by atoms with van der Waals surface area (Å²) >= 11 is 1.72. The van der Waals surface area contributed by atoms with Crippen LogP contribution < -0.4 is 0 Å². The summed E-state index contributed by atoms with van der Waals surface area (Å²) in [6, 6.07) is 6.42. The minimum absolute atomic E-state index is 0.627. The Morgan fingerprint density at radius 1 is 1.25 bits per heavy atom. The zero-order valence-corrected chi connectivity index (χ0v) is 12.9. The van der Waals surface area contributed by atoms with Crippen LogP contribution in [0.1, 0.15) is 32.2 Å². The van der Waals surface area contributed by atoms with Crippen molar-refractivity contribution >= 4 is 37.2 Å². The average Bonchev–Trinajstić information content (AvgIpc) is 2.74. The largest absolute Gasteiger partial charge is 0.255 e. The number of rotatable bonds is 3. The van der Waals surface area contributed by atoms with Gasteiger partial charge in [-0.15, -0.1) is 11.3 Å². The molecule has 0 radical (unpaired) electrons. The molecule has 0 unspecified atom stereocenters. The molecule has 102 valence electrons. The van der Waals surface area contributed by atoms with Crippen molar-refractivity contribution in [1.29, 1.82) is 0 Å². The number of thiophene rings is 1. The summed E-state index contributed by atoms with van der Waals surface area (Å²) in [5, 5.41) is 2.46. The fourth-order valence-electron chi connectivity index (χ4n) is 2.46. The number of allylic oxidation sites excluding steroid dienone is 1. The molecule has 3 aromatic heterocycles. The lowest BCUT2D eigenvalue weighted by Gasteiger charge is -2.03. The molecule has 3 heterocycles. The minimum atomic E-state index is 0.627. The van der Waals surface area contributed by atoms with Crippen LogP contribution in [0.2, 0.25) is 0 Å². The maximum absolute atomic E-state index is 4.81. The van der Waals surface area contributed by atoms with Crippen LogP contribution in [0.3, 0.4) is 0 Å². The summed E-state index contributed by atoms with van der Waals surface area (Å²) in [7, 11) is 0. The Morgan fingerprint density at radius 3 is 2.75 bits per heavy atom. The standard InChI is InChI=1S/C17H18N2S/c1-10(2)9-12-5-6-14-13-7-8-18-15(11(3)4)16(13)20-17(14)19-12/h5-8,10H,3,9H2,1-2,4H3. The number of pyridine rings is 2. The Bertz CT molecular complexity index is 799. The quantitative estimate of drug-likeness (QED) is 0.669. The highest BCUT2D eigenvalue weighted by Gasteiger charge is 2.12. The van der Waals surface area contributed by atoms with Gasteiger partial charge in [0, 0.05) is 22.7 Å². The predicted octanol–water partition coefficient (Wildman–Crippen LogP) is 5.08. The lowest BCUT2D eigenvalue weighted by molar-refractivity contribution is 0.637. The summed E-state index contributed by atoms with van der Waals surface area (Å²) in [4.78, 5) is 10.4. The van der Waals surface area contributed by atoms with Crippen molar-refractivity contribution in [3.8, 4) is 0 Å². The predicted molar refractivity (Wildman–Crippen MR) is 88.2 cm³/mol. The molecular formula is C17H18N2S. The second-order valence-corrected chi connectivity index (χ2v) is 6.67. The second-order valence-electron chi connectivity index (χ2n) is 5.67. The first-order valence-electron chi connectivity index (χ1n) is 6.89. The fraction of sp³-hybridized carbons (Fsp3) is 0.294. The zero-order chi connectivity index (χ0) is 14.3. The molecule has 0 spiro atoms. The molecule has 3 heteroatoms. The van der Waals surface area contributed by atoms with Crippen LogP contribution in [0.25, 0.3) is 25.9 Å². The maximum atomic E-state index is 4.81. The molecule has 0 saturated heterocycles. The number of hydrogen-bond acceptors (Lipinski definition) is 3. The van der Waals surface area contributed by atoms with Crippen LogP contribution in [-0.4, -0.2) is 9.97 Å². The van der Waals surface area contributed by atoms with Gasteiger partial charge < -0.3 is 0 Å². The van der Waals surface area contributed by atoms with Crippen molar-refractivity contribution < 1.29 is 0 Å². The van der Waals surface area contributed by atoms with Gasteiger partial charge in [0.1, 0.15) is 4.83 Å². The van der Waals surface area contributed by atoms with Gasteiger partial charge in [-0.1, -0.05) is 20.4 Å². The summed E-state index contributed by atoms with van der Waals surface area (Å²) in [6.45, 7) is 10.5. The third-order valence-corrected chi connectivity index (χ3v) is 4.45. The van der Waals surface area contributed by atoms with E-state index in [9.17, 15) is 0 Å². The Labute approximate surface area is 123 Å². The average molecular weight is 282 g/mol. The first-order chi connectivity index (χ1) is 9.56. The Balaban J connectivity index is 2.25. The molecule has 20 heavy (non-hydrogen) atoms. The molecule has 0 aromatic carbocycles. The molecule has 0 aliphatic rings. The summed E-state index contributed by atoms with van der Waals surface area (Å²) < 4.78 is 1.20. The van der Waals surface area contributed by atoms with E-state index in [4.69, 9.17) is 4.98 Å². The molecular weight excluding hydrogens is 264 g/mol. The van der Waals surface area contributed by atoms with Crippen molar-refractivity contribution in [3.63, 3.8) is 0 Å². The lowest BCUT2D eigenvalue weighted by Crippen LogP contribution is -1.96. The van der Waals surface area contributed by atoms with Crippen molar-refractivity contribution in [1.82, 2.24) is 9.97 Å². The third kappa shape index (κ3) is 2.22. The van der Waals surface area contributed by atoms with E-state index < -0.39 is 0 Å². The molecule has 0 saturated carbocycles. The van der Waals surface area contributed by atoms with Crippen molar-refractivity contribution in [3.05, 3.63) is 42.4 Å². The molecule has 0 aliphatic heterocycles. The maximum Gasteiger partial charge on any atom is 0.124 e. The van der Waals surface area contributed by atoms with E-state index in [0.717, 1.165) is 22.5 Å². The minimum Gasteiger partial charge on any atom is -0.255 e. The van der Waals surface area contributed by atoms with Gasteiger partial charge in [0.2, 0.25) is 0 Å². The van der Waals surface area contributed by atoms with Gasteiger partial charge in [-0.25, -0.2) is 4.98 Å². The number of nitrogens with zero attached hydrogens (tertiary/aromatic N) is 2. The Kier molecular flexibility index (Phi) is 3.30. The van der Waals surface area contributed by atoms with Gasteiger partial charge in [-0.3, -0.25) is 4.98 Å². The number of fused-ring (bicyclic) bond motifs is 3. The van der Waals surface area contributed by atoms with E-state index in [1.807, 2.05) is 13.1 Å². The highest BCUT2D eigenvalue weighted by Crippen LogP contribution is 2.36. The topological polar surface area (TPSA) is 25.8 Å². The van der Waals surface area contributed by atoms with Crippen LogP contribution in [0, 0.1) is 5.92 Å². The van der Waals surface area contributed by atoms with Crippen LogP contribution in [-0.2, 0) is 6.42 Å². The van der Waals surface area contributed by atoms with E-state index in [2.05, 4.69) is 43.6 Å². The SMILES string of the molecule is C=C(C)c1nccc2c1sc1nc(CC(C)C)ccc12.